The Morgan fingerprint density at radius 3 is 2.39 bits per heavy atom. The molecule has 0 aliphatic carbocycles. The van der Waals surface area contributed by atoms with E-state index in [2.05, 4.69) is 16.0 Å². The minimum absolute atomic E-state index is 0.589. The molecule has 0 amide bonds. The van der Waals surface area contributed by atoms with Crippen LogP contribution in [0.5, 0.6) is 0 Å². The average Bonchev–Trinajstić information content (AvgIpc) is 2.70. The van der Waals surface area contributed by atoms with Crippen LogP contribution in [0.3, 0.4) is 0 Å². The van der Waals surface area contributed by atoms with Gasteiger partial charge in [0.15, 0.2) is 0 Å². The number of hydrogen-bond acceptors (Lipinski definition) is 5. The molecule has 1 aromatic heterocycles. The summed E-state index contributed by atoms with van der Waals surface area (Å²) in [6.07, 6.45) is 1.79. The van der Waals surface area contributed by atoms with Gasteiger partial charge in [-0.15, -0.1) is 0 Å². The first kappa shape index (κ1) is 20.0. The van der Waals surface area contributed by atoms with Crippen LogP contribution in [0.25, 0.3) is 0 Å². The maximum atomic E-state index is 12.0. The number of aromatic nitrogens is 1. The standard InChI is InChI=1S/C22H26N4O2/c1-22(2,16-23)18-8-6-17(7-9-18)20(21(27)28)26-13-11-25(12-14-26)15-19-5-3-4-10-24-19/h3-10,20H,11-15H2,1-2H3,(H,27,28). The van der Waals surface area contributed by atoms with E-state index in [0.29, 0.717) is 13.1 Å². The Hall–Kier alpha value is -2.75. The summed E-state index contributed by atoms with van der Waals surface area (Å²) in [5, 5.41) is 19.1. The zero-order valence-corrected chi connectivity index (χ0v) is 16.4. The number of carboxylic acids is 1. The maximum absolute atomic E-state index is 12.0. The fraction of sp³-hybridized carbons (Fsp3) is 0.409. The fourth-order valence-corrected chi connectivity index (χ4v) is 3.56. The van der Waals surface area contributed by atoms with E-state index in [1.54, 1.807) is 6.20 Å². The Balaban J connectivity index is 1.67. The Kier molecular flexibility index (Phi) is 6.08. The van der Waals surface area contributed by atoms with Gasteiger partial charge in [0, 0.05) is 38.9 Å². The lowest BCUT2D eigenvalue weighted by molar-refractivity contribution is -0.144. The molecule has 0 saturated carbocycles. The van der Waals surface area contributed by atoms with Crippen molar-refractivity contribution in [1.82, 2.24) is 14.8 Å². The lowest BCUT2D eigenvalue weighted by atomic mass is 9.85. The molecule has 28 heavy (non-hydrogen) atoms. The Morgan fingerprint density at radius 1 is 1.18 bits per heavy atom. The zero-order chi connectivity index (χ0) is 20.1. The SMILES string of the molecule is CC(C)(C#N)c1ccc(C(C(=O)O)N2CCN(Cc3ccccn3)CC2)cc1. The molecule has 3 rings (SSSR count). The zero-order valence-electron chi connectivity index (χ0n) is 16.4. The normalized spacial score (nSPS) is 17.0. The van der Waals surface area contributed by atoms with Gasteiger partial charge in [0.05, 0.1) is 17.2 Å². The van der Waals surface area contributed by atoms with Gasteiger partial charge in [-0.1, -0.05) is 30.3 Å². The number of nitrogens with zero attached hydrogens (tertiary/aromatic N) is 4. The van der Waals surface area contributed by atoms with Crippen molar-refractivity contribution in [2.45, 2.75) is 31.8 Å². The third kappa shape index (κ3) is 4.56. The molecule has 6 heteroatoms. The fourth-order valence-electron chi connectivity index (χ4n) is 3.56. The Bertz CT molecular complexity index is 835. The highest BCUT2D eigenvalue weighted by Crippen LogP contribution is 2.27. The second-order valence-corrected chi connectivity index (χ2v) is 7.73. The molecule has 1 unspecified atom stereocenters. The monoisotopic (exact) mass is 378 g/mol. The molecule has 0 bridgehead atoms. The summed E-state index contributed by atoms with van der Waals surface area (Å²) >= 11 is 0. The number of aliphatic carboxylic acids is 1. The summed E-state index contributed by atoms with van der Waals surface area (Å²) in [5.41, 5.74) is 2.08. The van der Waals surface area contributed by atoms with Gasteiger partial charge in [-0.25, -0.2) is 0 Å². The molecule has 1 N–H and O–H groups in total. The molecule has 1 aromatic carbocycles. The van der Waals surface area contributed by atoms with Crippen LogP contribution < -0.4 is 0 Å². The van der Waals surface area contributed by atoms with Crippen molar-refractivity contribution in [2.75, 3.05) is 26.2 Å². The van der Waals surface area contributed by atoms with Crippen LogP contribution in [0.1, 0.15) is 36.7 Å². The minimum Gasteiger partial charge on any atom is -0.480 e. The number of carboxylic acid groups (broad SMARTS) is 1. The summed E-state index contributed by atoms with van der Waals surface area (Å²) in [6.45, 7) is 7.49. The van der Waals surface area contributed by atoms with Crippen LogP contribution in [-0.4, -0.2) is 52.0 Å². The van der Waals surface area contributed by atoms with Crippen LogP contribution in [0.4, 0.5) is 0 Å². The van der Waals surface area contributed by atoms with E-state index < -0.39 is 17.4 Å². The van der Waals surface area contributed by atoms with E-state index >= 15 is 0 Å². The Labute approximate surface area is 166 Å². The van der Waals surface area contributed by atoms with Crippen LogP contribution >= 0.6 is 0 Å². The van der Waals surface area contributed by atoms with Gasteiger partial charge in [-0.05, 0) is 37.1 Å². The number of nitriles is 1. The first-order chi connectivity index (χ1) is 13.4. The highest BCUT2D eigenvalue weighted by atomic mass is 16.4. The van der Waals surface area contributed by atoms with Crippen molar-refractivity contribution in [3.63, 3.8) is 0 Å². The van der Waals surface area contributed by atoms with Crippen molar-refractivity contribution < 1.29 is 9.90 Å². The van der Waals surface area contributed by atoms with Crippen LogP contribution in [0.15, 0.2) is 48.7 Å². The number of benzene rings is 1. The predicted octanol–water partition coefficient (Wildman–Crippen LogP) is 2.83. The third-order valence-corrected chi connectivity index (χ3v) is 5.35. The smallest absolute Gasteiger partial charge is 0.325 e. The molecule has 146 valence electrons. The molecule has 1 aliphatic heterocycles. The summed E-state index contributed by atoms with van der Waals surface area (Å²) in [6, 6.07) is 14.9. The van der Waals surface area contributed by atoms with E-state index in [9.17, 15) is 15.2 Å². The molecular formula is C22H26N4O2. The van der Waals surface area contributed by atoms with Crippen LogP contribution in [-0.2, 0) is 16.8 Å². The molecule has 6 nitrogen and oxygen atoms in total. The molecule has 1 saturated heterocycles. The van der Waals surface area contributed by atoms with E-state index in [1.807, 2.05) is 61.2 Å². The van der Waals surface area contributed by atoms with Gasteiger partial charge >= 0.3 is 5.97 Å². The van der Waals surface area contributed by atoms with Crippen LogP contribution in [0.2, 0.25) is 0 Å². The molecule has 2 heterocycles. The predicted molar refractivity (Wildman–Crippen MR) is 107 cm³/mol. The van der Waals surface area contributed by atoms with Crippen LogP contribution in [0, 0.1) is 11.3 Å². The van der Waals surface area contributed by atoms with E-state index in [1.165, 1.54) is 0 Å². The number of hydrogen-bond donors (Lipinski definition) is 1. The molecule has 0 spiro atoms. The molecule has 0 radical (unpaired) electrons. The average molecular weight is 378 g/mol. The Morgan fingerprint density at radius 2 is 1.86 bits per heavy atom. The second kappa shape index (κ2) is 8.51. The summed E-state index contributed by atoms with van der Waals surface area (Å²) < 4.78 is 0. The number of rotatable bonds is 6. The summed E-state index contributed by atoms with van der Waals surface area (Å²) in [4.78, 5) is 20.7. The van der Waals surface area contributed by atoms with Crippen molar-refractivity contribution in [3.05, 3.63) is 65.5 Å². The van der Waals surface area contributed by atoms with Gasteiger partial charge in [0.25, 0.3) is 0 Å². The molecular weight excluding hydrogens is 352 g/mol. The van der Waals surface area contributed by atoms with E-state index in [0.717, 1.165) is 36.5 Å². The van der Waals surface area contributed by atoms with E-state index in [4.69, 9.17) is 0 Å². The highest BCUT2D eigenvalue weighted by Gasteiger charge is 2.31. The van der Waals surface area contributed by atoms with Crippen molar-refractivity contribution in [3.8, 4) is 6.07 Å². The number of piperazine rings is 1. The quantitative estimate of drug-likeness (QED) is 0.833. The van der Waals surface area contributed by atoms with Crippen molar-refractivity contribution in [2.24, 2.45) is 0 Å². The molecule has 1 atom stereocenters. The maximum Gasteiger partial charge on any atom is 0.325 e. The first-order valence-electron chi connectivity index (χ1n) is 9.51. The highest BCUT2D eigenvalue weighted by molar-refractivity contribution is 5.75. The molecule has 1 aliphatic rings. The number of carbonyl (C=O) groups is 1. The van der Waals surface area contributed by atoms with Gasteiger partial charge < -0.3 is 5.11 Å². The summed E-state index contributed by atoms with van der Waals surface area (Å²) in [5.74, 6) is -0.842. The van der Waals surface area contributed by atoms with Gasteiger partial charge in [0.2, 0.25) is 0 Å². The molecule has 1 fully saturated rings. The largest absolute Gasteiger partial charge is 0.480 e. The summed E-state index contributed by atoms with van der Waals surface area (Å²) in [7, 11) is 0. The van der Waals surface area contributed by atoms with Crippen molar-refractivity contribution in [1.29, 1.82) is 5.26 Å². The minimum atomic E-state index is -0.842. The second-order valence-electron chi connectivity index (χ2n) is 7.73. The topological polar surface area (TPSA) is 80.5 Å². The van der Waals surface area contributed by atoms with Gasteiger partial charge in [0.1, 0.15) is 6.04 Å². The lowest BCUT2D eigenvalue weighted by Crippen LogP contribution is -2.48. The first-order valence-corrected chi connectivity index (χ1v) is 9.51. The lowest BCUT2D eigenvalue weighted by Gasteiger charge is -2.37. The van der Waals surface area contributed by atoms with Gasteiger partial charge in [-0.2, -0.15) is 5.26 Å². The van der Waals surface area contributed by atoms with Crippen molar-refractivity contribution >= 4 is 5.97 Å². The third-order valence-electron chi connectivity index (χ3n) is 5.35. The van der Waals surface area contributed by atoms with Gasteiger partial charge in [-0.3, -0.25) is 19.6 Å². The number of pyridine rings is 1. The van der Waals surface area contributed by atoms with E-state index in [-0.39, 0.29) is 0 Å². The molecule has 2 aromatic rings.